The van der Waals surface area contributed by atoms with Crippen molar-refractivity contribution in [1.29, 1.82) is 0 Å². The Morgan fingerprint density at radius 1 is 1.35 bits per heavy atom. The van der Waals surface area contributed by atoms with Crippen LogP contribution in [0, 0.1) is 0 Å². The van der Waals surface area contributed by atoms with Crippen LogP contribution in [0.5, 0.6) is 0 Å². The molecule has 17 heavy (non-hydrogen) atoms. The first-order chi connectivity index (χ1) is 8.35. The van der Waals surface area contributed by atoms with E-state index in [4.69, 9.17) is 16.3 Å². The number of hydrogen-bond acceptors (Lipinski definition) is 3. The molecule has 0 amide bonds. The fourth-order valence-corrected chi connectivity index (χ4v) is 2.47. The number of alkyl halides is 1. The summed E-state index contributed by atoms with van der Waals surface area (Å²) in [4.78, 5) is 0. The van der Waals surface area contributed by atoms with Crippen LogP contribution >= 0.6 is 11.6 Å². The van der Waals surface area contributed by atoms with Gasteiger partial charge in [-0.2, -0.15) is 0 Å². The van der Waals surface area contributed by atoms with E-state index in [0.29, 0.717) is 12.0 Å². The van der Waals surface area contributed by atoms with Crippen LogP contribution in [0.4, 0.5) is 0 Å². The van der Waals surface area contributed by atoms with Gasteiger partial charge in [-0.25, -0.2) is 0 Å². The molecule has 0 aliphatic carbocycles. The number of hydrogen-bond donors (Lipinski definition) is 0. The lowest BCUT2D eigenvalue weighted by Crippen LogP contribution is -2.23. The van der Waals surface area contributed by atoms with Gasteiger partial charge in [0.15, 0.2) is 0 Å². The predicted octanol–water partition coefficient (Wildman–Crippen LogP) is 2.54. The zero-order valence-corrected chi connectivity index (χ0v) is 11.1. The van der Waals surface area contributed by atoms with Crippen LogP contribution in [-0.2, 0) is 23.6 Å². The molecule has 0 saturated carbocycles. The summed E-state index contributed by atoms with van der Waals surface area (Å²) in [6.07, 6.45) is 5.83. The van der Waals surface area contributed by atoms with Gasteiger partial charge >= 0.3 is 0 Å². The Hall–Kier alpha value is -0.610. The molecule has 1 saturated heterocycles. The molecule has 1 aliphatic heterocycles. The normalized spacial score (nSPS) is 20.7. The smallest absolute Gasteiger partial charge is 0.147 e. The summed E-state index contributed by atoms with van der Waals surface area (Å²) in [5.41, 5.74) is 0. The standard InChI is InChI=1S/C12H20ClN3O/c1-2-6-16-11(14-15-12(16)9-13)8-10-5-3-4-7-17-10/h10H,2-9H2,1H3. The van der Waals surface area contributed by atoms with Crippen molar-refractivity contribution in [3.63, 3.8) is 0 Å². The van der Waals surface area contributed by atoms with Crippen LogP contribution in [0.25, 0.3) is 0 Å². The first kappa shape index (κ1) is 12.8. The summed E-state index contributed by atoms with van der Waals surface area (Å²) in [7, 11) is 0. The first-order valence-electron chi connectivity index (χ1n) is 6.43. The van der Waals surface area contributed by atoms with Gasteiger partial charge in [0.05, 0.1) is 12.0 Å². The van der Waals surface area contributed by atoms with E-state index in [1.165, 1.54) is 12.8 Å². The van der Waals surface area contributed by atoms with Crippen molar-refractivity contribution >= 4 is 11.6 Å². The van der Waals surface area contributed by atoms with E-state index in [1.807, 2.05) is 0 Å². The molecule has 1 aromatic rings. The zero-order chi connectivity index (χ0) is 12.1. The molecule has 5 heteroatoms. The highest BCUT2D eigenvalue weighted by molar-refractivity contribution is 6.16. The Kier molecular flexibility index (Phi) is 4.80. The van der Waals surface area contributed by atoms with Crippen LogP contribution in [-0.4, -0.2) is 27.5 Å². The van der Waals surface area contributed by atoms with Crippen LogP contribution in [0.15, 0.2) is 0 Å². The van der Waals surface area contributed by atoms with Crippen LogP contribution < -0.4 is 0 Å². The van der Waals surface area contributed by atoms with Crippen molar-refractivity contribution < 1.29 is 4.74 Å². The first-order valence-corrected chi connectivity index (χ1v) is 6.97. The second kappa shape index (κ2) is 6.36. The highest BCUT2D eigenvalue weighted by atomic mass is 35.5. The highest BCUT2D eigenvalue weighted by Crippen LogP contribution is 2.17. The number of rotatable bonds is 5. The third kappa shape index (κ3) is 3.19. The molecule has 1 aliphatic rings. The molecule has 1 unspecified atom stereocenters. The Morgan fingerprint density at radius 3 is 2.82 bits per heavy atom. The summed E-state index contributed by atoms with van der Waals surface area (Å²) in [6.45, 7) is 3.98. The topological polar surface area (TPSA) is 39.9 Å². The van der Waals surface area contributed by atoms with Crippen molar-refractivity contribution in [1.82, 2.24) is 14.8 Å². The Balaban J connectivity index is 2.05. The van der Waals surface area contributed by atoms with Crippen molar-refractivity contribution in [2.24, 2.45) is 0 Å². The quantitative estimate of drug-likeness (QED) is 0.761. The lowest BCUT2D eigenvalue weighted by molar-refractivity contribution is 0.0151. The van der Waals surface area contributed by atoms with E-state index < -0.39 is 0 Å². The lowest BCUT2D eigenvalue weighted by Gasteiger charge is -2.22. The fraction of sp³-hybridized carbons (Fsp3) is 0.833. The van der Waals surface area contributed by atoms with Gasteiger partial charge in [0.1, 0.15) is 11.6 Å². The van der Waals surface area contributed by atoms with Gasteiger partial charge in [-0.1, -0.05) is 6.92 Å². The monoisotopic (exact) mass is 257 g/mol. The van der Waals surface area contributed by atoms with Crippen molar-refractivity contribution in [2.75, 3.05) is 6.61 Å². The summed E-state index contributed by atoms with van der Waals surface area (Å²) >= 11 is 5.87. The summed E-state index contributed by atoms with van der Waals surface area (Å²) < 4.78 is 7.89. The van der Waals surface area contributed by atoms with Crippen molar-refractivity contribution in [2.45, 2.75) is 57.6 Å². The van der Waals surface area contributed by atoms with Crippen molar-refractivity contribution in [3.05, 3.63) is 11.6 Å². The largest absolute Gasteiger partial charge is 0.378 e. The van der Waals surface area contributed by atoms with E-state index in [-0.39, 0.29) is 0 Å². The molecule has 0 spiro atoms. The van der Waals surface area contributed by atoms with Gasteiger partial charge in [0, 0.05) is 19.6 Å². The molecule has 0 aromatic carbocycles. The molecular formula is C12H20ClN3O. The minimum Gasteiger partial charge on any atom is -0.378 e. The van der Waals surface area contributed by atoms with Gasteiger partial charge in [-0.15, -0.1) is 21.8 Å². The number of ether oxygens (including phenoxy) is 1. The summed E-state index contributed by atoms with van der Waals surface area (Å²) in [6, 6.07) is 0. The van der Waals surface area contributed by atoms with E-state index >= 15 is 0 Å². The molecule has 2 rings (SSSR count). The molecule has 1 fully saturated rings. The summed E-state index contributed by atoms with van der Waals surface area (Å²) in [5.74, 6) is 2.33. The molecule has 0 radical (unpaired) electrons. The maximum atomic E-state index is 5.87. The van der Waals surface area contributed by atoms with E-state index in [1.54, 1.807) is 0 Å². The fourth-order valence-electron chi connectivity index (χ4n) is 2.28. The van der Waals surface area contributed by atoms with E-state index in [2.05, 4.69) is 21.7 Å². The maximum absolute atomic E-state index is 5.87. The number of aromatic nitrogens is 3. The third-order valence-electron chi connectivity index (χ3n) is 3.15. The second-order valence-electron chi connectivity index (χ2n) is 4.51. The van der Waals surface area contributed by atoms with Gasteiger partial charge < -0.3 is 9.30 Å². The molecule has 2 heterocycles. The number of halogens is 1. The van der Waals surface area contributed by atoms with Crippen molar-refractivity contribution in [3.8, 4) is 0 Å². The number of nitrogens with zero attached hydrogens (tertiary/aromatic N) is 3. The maximum Gasteiger partial charge on any atom is 0.147 e. The molecule has 1 atom stereocenters. The minimum atomic E-state index is 0.312. The Labute approximate surface area is 107 Å². The van der Waals surface area contributed by atoms with Gasteiger partial charge in [0.25, 0.3) is 0 Å². The third-order valence-corrected chi connectivity index (χ3v) is 3.39. The zero-order valence-electron chi connectivity index (χ0n) is 10.4. The van der Waals surface area contributed by atoms with Gasteiger partial charge in [0.2, 0.25) is 0 Å². The predicted molar refractivity (Wildman–Crippen MR) is 67.2 cm³/mol. The molecule has 4 nitrogen and oxygen atoms in total. The van der Waals surface area contributed by atoms with Crippen LogP contribution in [0.1, 0.15) is 44.3 Å². The van der Waals surface area contributed by atoms with E-state index in [0.717, 1.165) is 44.1 Å². The van der Waals surface area contributed by atoms with Crippen LogP contribution in [0.3, 0.4) is 0 Å². The Bertz CT molecular complexity index is 348. The second-order valence-corrected chi connectivity index (χ2v) is 4.78. The minimum absolute atomic E-state index is 0.312. The average Bonchev–Trinajstić information content (AvgIpc) is 2.74. The van der Waals surface area contributed by atoms with Gasteiger partial charge in [-0.05, 0) is 25.7 Å². The molecule has 96 valence electrons. The van der Waals surface area contributed by atoms with E-state index in [9.17, 15) is 0 Å². The molecular weight excluding hydrogens is 238 g/mol. The summed E-state index contributed by atoms with van der Waals surface area (Å²) in [5, 5.41) is 8.39. The average molecular weight is 258 g/mol. The Morgan fingerprint density at radius 2 is 2.18 bits per heavy atom. The van der Waals surface area contributed by atoms with Gasteiger partial charge in [-0.3, -0.25) is 0 Å². The molecule has 0 bridgehead atoms. The van der Waals surface area contributed by atoms with Crippen LogP contribution in [0.2, 0.25) is 0 Å². The molecule has 0 N–H and O–H groups in total. The molecule has 1 aromatic heterocycles. The lowest BCUT2D eigenvalue weighted by atomic mass is 10.1. The SMILES string of the molecule is CCCn1c(CCl)nnc1CC1CCCCO1. The highest BCUT2D eigenvalue weighted by Gasteiger charge is 2.19.